The molecule has 4 aromatic heterocycles. The van der Waals surface area contributed by atoms with Gasteiger partial charge in [-0.05, 0) is 61.7 Å². The van der Waals surface area contributed by atoms with Crippen LogP contribution >= 0.6 is 0 Å². The molecule has 1 aliphatic heterocycles. The van der Waals surface area contributed by atoms with Crippen molar-refractivity contribution < 1.29 is 18.0 Å². The maximum Gasteiger partial charge on any atom is 0.213 e. The van der Waals surface area contributed by atoms with Crippen molar-refractivity contribution in [1.82, 2.24) is 34.0 Å². The maximum atomic E-state index is 13.7. The number of fused-ring (bicyclic) bond motifs is 1. The number of likely N-dealkylation sites (tertiary alicyclic amines) is 1. The van der Waals surface area contributed by atoms with Crippen molar-refractivity contribution in [2.45, 2.75) is 31.7 Å². The second-order valence-electron chi connectivity index (χ2n) is 10.2. The largest absolute Gasteiger partial charge is 0.326 e. The van der Waals surface area contributed by atoms with E-state index in [-0.39, 0.29) is 36.3 Å². The number of piperidine rings is 1. The van der Waals surface area contributed by atoms with Gasteiger partial charge in [0.05, 0.1) is 42.7 Å². The SMILES string of the molecule is O=C(Cc1cn2nc(-c3c(-c4ccc(F)cc4)ncn3C3CCN(CCCF)CC3)ccc2n1)c1ccnc(F)c1. The van der Waals surface area contributed by atoms with Gasteiger partial charge in [0, 0.05) is 49.1 Å². The lowest BCUT2D eigenvalue weighted by atomic mass is 10.0. The number of benzene rings is 1. The molecule has 0 aliphatic carbocycles. The number of aromatic nitrogens is 6. The molecule has 0 saturated carbocycles. The second-order valence-corrected chi connectivity index (χ2v) is 10.2. The summed E-state index contributed by atoms with van der Waals surface area (Å²) in [6, 6.07) is 12.7. The van der Waals surface area contributed by atoms with Crippen LogP contribution in [0.5, 0.6) is 0 Å². The van der Waals surface area contributed by atoms with E-state index in [1.165, 1.54) is 24.4 Å². The molecule has 0 spiro atoms. The molecule has 0 N–H and O–H groups in total. The zero-order chi connectivity index (χ0) is 28.3. The summed E-state index contributed by atoms with van der Waals surface area (Å²) in [6.45, 7) is 2.16. The molecule has 0 unspecified atom stereocenters. The lowest BCUT2D eigenvalue weighted by molar-refractivity contribution is 0.0991. The molecule has 41 heavy (non-hydrogen) atoms. The van der Waals surface area contributed by atoms with Gasteiger partial charge in [0.1, 0.15) is 11.5 Å². The first-order valence-electron chi connectivity index (χ1n) is 13.6. The molecule has 0 atom stereocenters. The average molecular weight is 560 g/mol. The van der Waals surface area contributed by atoms with Crippen molar-refractivity contribution in [3.63, 3.8) is 0 Å². The number of alkyl halides is 1. The van der Waals surface area contributed by atoms with Gasteiger partial charge in [-0.1, -0.05) is 0 Å². The standard InChI is InChI=1S/C30H28F3N7O/c31-11-1-13-38-14-9-24(10-15-38)39-19-35-29(20-2-4-22(32)5-3-20)30(39)25-6-7-28-36-23(18-40(28)37-25)17-26(41)21-8-12-34-27(33)16-21/h2-8,12,16,18-19,24H,1,9-11,13-15,17H2. The highest BCUT2D eigenvalue weighted by atomic mass is 19.1. The fraction of sp³-hybridized carbons (Fsp3) is 0.300. The van der Waals surface area contributed by atoms with E-state index < -0.39 is 5.95 Å². The van der Waals surface area contributed by atoms with Crippen LogP contribution in [-0.4, -0.2) is 66.1 Å². The summed E-state index contributed by atoms with van der Waals surface area (Å²) in [5.41, 5.74) is 4.21. The van der Waals surface area contributed by atoms with Crippen molar-refractivity contribution in [3.8, 4) is 22.6 Å². The van der Waals surface area contributed by atoms with Crippen LogP contribution in [0.15, 0.2) is 67.3 Å². The molecular weight excluding hydrogens is 531 g/mol. The number of carbonyl (C=O) groups is 1. The van der Waals surface area contributed by atoms with Crippen LogP contribution in [0.3, 0.4) is 0 Å². The Morgan fingerprint density at radius 1 is 1.00 bits per heavy atom. The number of carbonyl (C=O) groups excluding carboxylic acids is 1. The van der Waals surface area contributed by atoms with E-state index in [2.05, 4.69) is 19.4 Å². The predicted octanol–water partition coefficient (Wildman–Crippen LogP) is 5.35. The van der Waals surface area contributed by atoms with Crippen LogP contribution in [0.25, 0.3) is 28.3 Å². The molecule has 1 aromatic carbocycles. The van der Waals surface area contributed by atoms with E-state index in [1.807, 2.05) is 18.5 Å². The van der Waals surface area contributed by atoms with Gasteiger partial charge >= 0.3 is 0 Å². The molecule has 0 bridgehead atoms. The summed E-state index contributed by atoms with van der Waals surface area (Å²) in [5.74, 6) is -1.31. The summed E-state index contributed by atoms with van der Waals surface area (Å²) in [5, 5.41) is 4.83. The Morgan fingerprint density at radius 3 is 2.56 bits per heavy atom. The number of imidazole rings is 2. The fourth-order valence-corrected chi connectivity index (χ4v) is 5.40. The molecular formula is C30H28F3N7O. The Bertz CT molecular complexity index is 1670. The molecule has 0 radical (unpaired) electrons. The Kier molecular flexibility index (Phi) is 7.60. The number of pyridine rings is 1. The lowest BCUT2D eigenvalue weighted by Gasteiger charge is -2.33. The number of nitrogens with zero attached hydrogens (tertiary/aromatic N) is 7. The van der Waals surface area contributed by atoms with Gasteiger partial charge in [0.2, 0.25) is 5.95 Å². The number of hydrogen-bond donors (Lipinski definition) is 0. The van der Waals surface area contributed by atoms with Gasteiger partial charge in [-0.25, -0.2) is 23.9 Å². The summed E-state index contributed by atoms with van der Waals surface area (Å²) in [6.07, 6.45) is 7.06. The molecule has 0 amide bonds. The molecule has 5 heterocycles. The van der Waals surface area contributed by atoms with Crippen molar-refractivity contribution in [2.24, 2.45) is 0 Å². The minimum absolute atomic E-state index is 0.0120. The third kappa shape index (κ3) is 5.76. The molecule has 8 nitrogen and oxygen atoms in total. The monoisotopic (exact) mass is 559 g/mol. The van der Waals surface area contributed by atoms with Crippen molar-refractivity contribution in [3.05, 3.63) is 90.3 Å². The predicted molar refractivity (Wildman–Crippen MR) is 147 cm³/mol. The highest BCUT2D eigenvalue weighted by Gasteiger charge is 2.26. The summed E-state index contributed by atoms with van der Waals surface area (Å²) < 4.78 is 43.6. The van der Waals surface area contributed by atoms with E-state index >= 15 is 0 Å². The highest BCUT2D eigenvalue weighted by molar-refractivity contribution is 5.97. The quantitative estimate of drug-likeness (QED) is 0.179. The first-order valence-corrected chi connectivity index (χ1v) is 13.6. The fourth-order valence-electron chi connectivity index (χ4n) is 5.40. The second kappa shape index (κ2) is 11.6. The number of halogens is 3. The topological polar surface area (TPSA) is 81.2 Å². The third-order valence-corrected chi connectivity index (χ3v) is 7.47. The third-order valence-electron chi connectivity index (χ3n) is 7.47. The first-order chi connectivity index (χ1) is 20.0. The van der Waals surface area contributed by atoms with E-state index in [4.69, 9.17) is 10.1 Å². The summed E-state index contributed by atoms with van der Waals surface area (Å²) in [7, 11) is 0. The van der Waals surface area contributed by atoms with E-state index in [1.54, 1.807) is 22.8 Å². The van der Waals surface area contributed by atoms with E-state index in [9.17, 15) is 18.0 Å². The Balaban J connectivity index is 1.33. The van der Waals surface area contributed by atoms with Gasteiger partial charge in [0.25, 0.3) is 0 Å². The van der Waals surface area contributed by atoms with Crippen molar-refractivity contribution in [2.75, 3.05) is 26.3 Å². The molecule has 11 heteroatoms. The molecule has 1 saturated heterocycles. The molecule has 1 fully saturated rings. The molecule has 6 rings (SSSR count). The summed E-state index contributed by atoms with van der Waals surface area (Å²) >= 11 is 0. The number of rotatable bonds is 9. The van der Waals surface area contributed by atoms with Crippen LogP contribution in [0, 0.1) is 11.8 Å². The number of Topliss-reactive ketones (excluding diaryl/α,β-unsaturated/α-hetero) is 1. The highest BCUT2D eigenvalue weighted by Crippen LogP contribution is 2.35. The van der Waals surface area contributed by atoms with Gasteiger partial charge in [-0.3, -0.25) is 9.18 Å². The van der Waals surface area contributed by atoms with Gasteiger partial charge in [-0.2, -0.15) is 9.49 Å². The number of hydrogen-bond acceptors (Lipinski definition) is 6. The number of ketones is 1. The summed E-state index contributed by atoms with van der Waals surface area (Å²) in [4.78, 5) is 27.7. The molecule has 1 aliphatic rings. The Hall–Kier alpha value is -4.38. The van der Waals surface area contributed by atoms with Crippen molar-refractivity contribution in [1.29, 1.82) is 0 Å². The average Bonchev–Trinajstić information content (AvgIpc) is 3.60. The Morgan fingerprint density at radius 2 is 1.80 bits per heavy atom. The van der Waals surface area contributed by atoms with Crippen LogP contribution < -0.4 is 0 Å². The van der Waals surface area contributed by atoms with Gasteiger partial charge < -0.3 is 9.47 Å². The lowest BCUT2D eigenvalue weighted by Crippen LogP contribution is -2.35. The van der Waals surface area contributed by atoms with E-state index in [0.717, 1.165) is 49.8 Å². The van der Waals surface area contributed by atoms with Crippen molar-refractivity contribution >= 4 is 11.4 Å². The smallest absolute Gasteiger partial charge is 0.213 e. The van der Waals surface area contributed by atoms with Crippen LogP contribution in [0.4, 0.5) is 13.2 Å². The minimum Gasteiger partial charge on any atom is -0.326 e. The van der Waals surface area contributed by atoms with Crippen LogP contribution in [0.2, 0.25) is 0 Å². The zero-order valence-electron chi connectivity index (χ0n) is 22.3. The zero-order valence-corrected chi connectivity index (χ0v) is 22.3. The van der Waals surface area contributed by atoms with E-state index in [0.29, 0.717) is 29.1 Å². The Labute approximate surface area is 234 Å². The first kappa shape index (κ1) is 26.8. The van der Waals surface area contributed by atoms with Crippen LogP contribution in [0.1, 0.15) is 41.4 Å². The molecule has 5 aromatic rings. The normalized spacial score (nSPS) is 14.6. The molecule has 210 valence electrons. The minimum atomic E-state index is -0.712. The van der Waals surface area contributed by atoms with Gasteiger partial charge in [0.15, 0.2) is 11.4 Å². The van der Waals surface area contributed by atoms with Crippen LogP contribution in [-0.2, 0) is 6.42 Å². The van der Waals surface area contributed by atoms with Gasteiger partial charge in [-0.15, -0.1) is 0 Å². The maximum absolute atomic E-state index is 13.7.